The summed E-state index contributed by atoms with van der Waals surface area (Å²) in [5.74, 6) is -1.75. The van der Waals surface area contributed by atoms with Crippen molar-refractivity contribution in [1.82, 2.24) is 5.32 Å². The molecule has 0 aromatic heterocycles. The third kappa shape index (κ3) is 9.15. The van der Waals surface area contributed by atoms with E-state index in [1.54, 1.807) is 72.8 Å². The number of anilines is 2. The van der Waals surface area contributed by atoms with Crippen LogP contribution in [0.1, 0.15) is 39.6 Å². The van der Waals surface area contributed by atoms with Gasteiger partial charge in [0, 0.05) is 21.7 Å². The highest BCUT2D eigenvalue weighted by Gasteiger charge is 2.21. The van der Waals surface area contributed by atoms with E-state index in [2.05, 4.69) is 16.0 Å². The predicted molar refractivity (Wildman–Crippen MR) is 183 cm³/mol. The Morgan fingerprint density at radius 2 is 1.62 bits per heavy atom. The lowest BCUT2D eigenvalue weighted by Crippen LogP contribution is -2.30. The molecule has 0 heterocycles. The number of thioether (sulfide) groups is 1. The van der Waals surface area contributed by atoms with E-state index in [9.17, 15) is 24.3 Å². The van der Waals surface area contributed by atoms with Crippen LogP contribution in [-0.4, -0.2) is 48.3 Å². The predicted octanol–water partition coefficient (Wildman–Crippen LogP) is 6.97. The number of hydrogen-bond acceptors (Lipinski definition) is 7. The average Bonchev–Trinajstić information content (AvgIpc) is 3.07. The van der Waals surface area contributed by atoms with Crippen LogP contribution in [0, 0.1) is 0 Å². The molecule has 0 fully saturated rings. The summed E-state index contributed by atoms with van der Waals surface area (Å²) in [4.78, 5) is 51.9. The number of methoxy groups -OCH3 is 2. The summed E-state index contributed by atoms with van der Waals surface area (Å²) in [5, 5.41) is 17.2. The fraction of sp³-hybridized carbons (Fsp3) is 0.143. The highest BCUT2D eigenvalue weighted by atomic mass is 35.5. The van der Waals surface area contributed by atoms with Crippen LogP contribution in [0.2, 0.25) is 5.02 Å². The SMILES string of the molecule is CCC(Sc1cccc(NC(=O)/C(=C\c2cccc(OC)c2OC)NC(=O)c2ccccc2)c1)C(=O)Nc1cc(C(=O)O)ccc1Cl. The van der Waals surface area contributed by atoms with Gasteiger partial charge in [-0.2, -0.15) is 0 Å². The quantitative estimate of drug-likeness (QED) is 0.0880. The summed E-state index contributed by atoms with van der Waals surface area (Å²) < 4.78 is 10.9. The number of hydrogen-bond donors (Lipinski definition) is 4. The summed E-state index contributed by atoms with van der Waals surface area (Å²) in [5.41, 5.74) is 1.43. The number of benzene rings is 4. The third-order valence-corrected chi connectivity index (χ3v) is 8.45. The topological polar surface area (TPSA) is 143 Å². The van der Waals surface area contributed by atoms with Crippen molar-refractivity contribution in [2.24, 2.45) is 0 Å². The molecular weight excluding hydrogens is 642 g/mol. The Balaban J connectivity index is 1.56. The number of carbonyl (C=O) groups excluding carboxylic acids is 3. The van der Waals surface area contributed by atoms with Crippen LogP contribution in [0.5, 0.6) is 11.5 Å². The molecule has 0 radical (unpaired) electrons. The summed E-state index contributed by atoms with van der Waals surface area (Å²) in [6.07, 6.45) is 1.95. The number of amides is 3. The van der Waals surface area contributed by atoms with E-state index in [1.807, 2.05) is 6.92 Å². The molecule has 242 valence electrons. The molecule has 0 spiro atoms. The van der Waals surface area contributed by atoms with Crippen molar-refractivity contribution >= 4 is 64.5 Å². The molecule has 0 aliphatic carbocycles. The van der Waals surface area contributed by atoms with E-state index in [4.69, 9.17) is 21.1 Å². The molecular formula is C35H32ClN3O7S. The first-order valence-corrected chi connectivity index (χ1v) is 15.6. The van der Waals surface area contributed by atoms with Gasteiger partial charge in [0.05, 0.1) is 35.7 Å². The average molecular weight is 674 g/mol. The fourth-order valence-corrected chi connectivity index (χ4v) is 5.60. The number of carboxylic acid groups (broad SMARTS) is 1. The summed E-state index contributed by atoms with van der Waals surface area (Å²) in [7, 11) is 2.98. The van der Waals surface area contributed by atoms with Gasteiger partial charge in [-0.25, -0.2) is 4.79 Å². The largest absolute Gasteiger partial charge is 0.493 e. The van der Waals surface area contributed by atoms with E-state index in [1.165, 1.54) is 50.3 Å². The Bertz CT molecular complexity index is 1810. The van der Waals surface area contributed by atoms with Crippen LogP contribution in [0.3, 0.4) is 0 Å². The van der Waals surface area contributed by atoms with Gasteiger partial charge in [-0.05, 0) is 67.1 Å². The Hall–Kier alpha value is -5.26. The van der Waals surface area contributed by atoms with E-state index < -0.39 is 23.0 Å². The van der Waals surface area contributed by atoms with Gasteiger partial charge in [0.15, 0.2) is 11.5 Å². The van der Waals surface area contributed by atoms with Gasteiger partial charge in [0.1, 0.15) is 5.70 Å². The van der Waals surface area contributed by atoms with Gasteiger partial charge in [-0.1, -0.05) is 54.9 Å². The summed E-state index contributed by atoms with van der Waals surface area (Å²) in [6.45, 7) is 1.84. The van der Waals surface area contributed by atoms with Gasteiger partial charge in [0.25, 0.3) is 11.8 Å². The van der Waals surface area contributed by atoms with Crippen LogP contribution in [-0.2, 0) is 9.59 Å². The molecule has 4 N–H and O–H groups in total. The van der Waals surface area contributed by atoms with Gasteiger partial charge in [-0.3, -0.25) is 14.4 Å². The van der Waals surface area contributed by atoms with E-state index >= 15 is 0 Å². The van der Waals surface area contributed by atoms with Crippen LogP contribution >= 0.6 is 23.4 Å². The van der Waals surface area contributed by atoms with Crippen LogP contribution in [0.25, 0.3) is 6.08 Å². The number of ether oxygens (including phenoxy) is 2. The molecule has 4 aromatic carbocycles. The molecule has 0 saturated heterocycles. The molecule has 0 saturated carbocycles. The number of halogens is 1. The molecule has 4 rings (SSSR count). The lowest BCUT2D eigenvalue weighted by atomic mass is 10.1. The first-order chi connectivity index (χ1) is 22.6. The molecule has 3 amide bonds. The van der Waals surface area contributed by atoms with E-state index in [0.29, 0.717) is 39.6 Å². The van der Waals surface area contributed by atoms with Crippen molar-refractivity contribution in [2.45, 2.75) is 23.5 Å². The molecule has 0 bridgehead atoms. The Kier molecular flexibility index (Phi) is 12.0. The smallest absolute Gasteiger partial charge is 0.335 e. The second-order valence-corrected chi connectivity index (χ2v) is 11.6. The lowest BCUT2D eigenvalue weighted by molar-refractivity contribution is -0.116. The van der Waals surface area contributed by atoms with Crippen LogP contribution in [0.15, 0.2) is 102 Å². The molecule has 0 aliphatic heterocycles. The van der Waals surface area contributed by atoms with Crippen molar-refractivity contribution in [3.05, 3.63) is 118 Å². The van der Waals surface area contributed by atoms with Gasteiger partial charge < -0.3 is 30.5 Å². The fourth-order valence-electron chi connectivity index (χ4n) is 4.42. The molecule has 10 nitrogen and oxygen atoms in total. The number of nitrogens with one attached hydrogen (secondary N) is 3. The summed E-state index contributed by atoms with van der Waals surface area (Å²) in [6, 6.07) is 24.7. The molecule has 1 unspecified atom stereocenters. The maximum absolute atomic E-state index is 13.7. The monoisotopic (exact) mass is 673 g/mol. The second-order valence-electron chi connectivity index (χ2n) is 9.95. The van der Waals surface area contributed by atoms with Crippen molar-refractivity contribution in [2.75, 3.05) is 24.9 Å². The van der Waals surface area contributed by atoms with Crippen LogP contribution < -0.4 is 25.4 Å². The van der Waals surface area contributed by atoms with Gasteiger partial charge in [0.2, 0.25) is 5.91 Å². The van der Waals surface area contributed by atoms with E-state index in [0.717, 1.165) is 0 Å². The van der Waals surface area contributed by atoms with Gasteiger partial charge in [-0.15, -0.1) is 11.8 Å². The highest BCUT2D eigenvalue weighted by molar-refractivity contribution is 8.00. The Morgan fingerprint density at radius 1 is 0.872 bits per heavy atom. The maximum Gasteiger partial charge on any atom is 0.335 e. The minimum atomic E-state index is -1.14. The minimum absolute atomic E-state index is 0.00735. The molecule has 1 atom stereocenters. The molecule has 47 heavy (non-hydrogen) atoms. The zero-order valence-corrected chi connectivity index (χ0v) is 27.3. The van der Waals surface area contributed by atoms with Crippen molar-refractivity contribution < 1.29 is 33.8 Å². The maximum atomic E-state index is 13.7. The van der Waals surface area contributed by atoms with Crippen molar-refractivity contribution in [3.63, 3.8) is 0 Å². The number of carbonyl (C=O) groups is 4. The molecule has 12 heteroatoms. The number of aromatic carboxylic acids is 1. The van der Waals surface area contributed by atoms with E-state index in [-0.39, 0.29) is 27.9 Å². The Morgan fingerprint density at radius 3 is 2.30 bits per heavy atom. The molecule has 0 aliphatic rings. The molecule has 4 aromatic rings. The zero-order chi connectivity index (χ0) is 33.9. The highest BCUT2D eigenvalue weighted by Crippen LogP contribution is 2.33. The minimum Gasteiger partial charge on any atom is -0.493 e. The second kappa shape index (κ2) is 16.3. The van der Waals surface area contributed by atoms with Crippen molar-refractivity contribution in [3.8, 4) is 11.5 Å². The first kappa shape index (κ1) is 34.6. The number of rotatable bonds is 13. The normalized spacial score (nSPS) is 11.6. The number of carboxylic acids is 1. The lowest BCUT2D eigenvalue weighted by Gasteiger charge is -2.17. The Labute approximate surface area is 281 Å². The standard InChI is InChI=1S/C35H32ClN3O7S/c1-4-30(34(42)38-27-19-23(35(43)44)16-17-26(27)36)47-25-14-9-13-24(20-25)37-33(41)28(39-32(40)21-10-6-5-7-11-21)18-22-12-8-15-29(45-2)31(22)46-3/h5-20,30H,4H2,1-3H3,(H,37,41)(H,38,42)(H,39,40)(H,43,44)/b28-18+. The van der Waals surface area contributed by atoms with Crippen molar-refractivity contribution in [1.29, 1.82) is 0 Å². The third-order valence-electron chi connectivity index (χ3n) is 6.77. The van der Waals surface area contributed by atoms with Gasteiger partial charge >= 0.3 is 5.97 Å². The first-order valence-electron chi connectivity index (χ1n) is 14.3. The number of para-hydroxylation sites is 1. The van der Waals surface area contributed by atoms with Crippen LogP contribution in [0.4, 0.5) is 11.4 Å². The summed E-state index contributed by atoms with van der Waals surface area (Å²) >= 11 is 7.46. The zero-order valence-electron chi connectivity index (χ0n) is 25.7.